The first-order valence-corrected chi connectivity index (χ1v) is 8.34. The predicted molar refractivity (Wildman–Crippen MR) is 95.4 cm³/mol. The first-order chi connectivity index (χ1) is 11.7. The number of rotatable bonds is 5. The molecule has 1 aromatic carbocycles. The molecule has 5 nitrogen and oxygen atoms in total. The van der Waals surface area contributed by atoms with Crippen molar-refractivity contribution in [2.45, 2.75) is 40.2 Å². The molecule has 6 heteroatoms. The van der Waals surface area contributed by atoms with E-state index >= 15 is 0 Å². The fourth-order valence-corrected chi connectivity index (χ4v) is 2.61. The van der Waals surface area contributed by atoms with Crippen LogP contribution in [0.15, 0.2) is 40.6 Å². The van der Waals surface area contributed by atoms with Gasteiger partial charge in [0.2, 0.25) is 5.78 Å². The summed E-state index contributed by atoms with van der Waals surface area (Å²) in [6, 6.07) is 5.66. The van der Waals surface area contributed by atoms with Crippen LogP contribution in [-0.2, 0) is 14.4 Å². The van der Waals surface area contributed by atoms with Crippen molar-refractivity contribution in [3.63, 3.8) is 0 Å². The number of hydrogen-bond donors (Lipinski definition) is 1. The van der Waals surface area contributed by atoms with E-state index in [2.05, 4.69) is 5.32 Å². The molecular formula is C19H20ClNO4. The topological polar surface area (TPSA) is 72.5 Å². The Bertz CT molecular complexity index is 808. The van der Waals surface area contributed by atoms with Gasteiger partial charge < -0.3 is 10.1 Å². The first kappa shape index (κ1) is 18.9. The van der Waals surface area contributed by atoms with Gasteiger partial charge in [-0.05, 0) is 38.8 Å². The number of ketones is 2. The molecule has 0 fully saturated rings. The average molecular weight is 362 g/mol. The molecule has 0 aliphatic heterocycles. The molecule has 1 unspecified atom stereocenters. The molecule has 0 radical (unpaired) electrons. The highest BCUT2D eigenvalue weighted by molar-refractivity contribution is 6.49. The standard InChI is InChI=1S/C19H20ClNO4/c1-5-15(25-16-7-6-10(2)8-11(16)3)19(24)21-13-9-14(22)12(4)17(20)18(13)23/h6-9,15H,5H2,1-4H3,(H,21,24). The molecule has 1 aliphatic carbocycles. The predicted octanol–water partition coefficient (Wildman–Crippen LogP) is 3.13. The second-order valence-corrected chi connectivity index (χ2v) is 6.34. The van der Waals surface area contributed by atoms with Gasteiger partial charge >= 0.3 is 0 Å². The normalized spacial score (nSPS) is 15.8. The molecule has 0 bridgehead atoms. The summed E-state index contributed by atoms with van der Waals surface area (Å²) in [6.07, 6.45) is 0.693. The Balaban J connectivity index is 2.14. The molecule has 2 rings (SSSR count). The zero-order valence-electron chi connectivity index (χ0n) is 14.6. The van der Waals surface area contributed by atoms with Crippen molar-refractivity contribution in [1.82, 2.24) is 5.32 Å². The lowest BCUT2D eigenvalue weighted by molar-refractivity contribution is -0.128. The summed E-state index contributed by atoms with van der Waals surface area (Å²) >= 11 is 5.86. The van der Waals surface area contributed by atoms with Gasteiger partial charge in [0.15, 0.2) is 11.9 Å². The van der Waals surface area contributed by atoms with Crippen molar-refractivity contribution in [1.29, 1.82) is 0 Å². The van der Waals surface area contributed by atoms with Crippen LogP contribution in [0, 0.1) is 13.8 Å². The number of ether oxygens (including phenoxy) is 1. The van der Waals surface area contributed by atoms with Crippen LogP contribution in [0.2, 0.25) is 0 Å². The van der Waals surface area contributed by atoms with Gasteiger partial charge in [-0.25, -0.2) is 0 Å². The summed E-state index contributed by atoms with van der Waals surface area (Å²) in [7, 11) is 0. The second-order valence-electron chi connectivity index (χ2n) is 5.96. The largest absolute Gasteiger partial charge is 0.480 e. The zero-order chi connectivity index (χ0) is 18.7. The van der Waals surface area contributed by atoms with Crippen molar-refractivity contribution in [3.05, 3.63) is 51.7 Å². The number of nitrogens with one attached hydrogen (secondary N) is 1. The minimum absolute atomic E-state index is 0.131. The van der Waals surface area contributed by atoms with E-state index in [-0.39, 0.29) is 16.3 Å². The lowest BCUT2D eigenvalue weighted by Crippen LogP contribution is -2.40. The minimum atomic E-state index is -0.795. The van der Waals surface area contributed by atoms with Crippen LogP contribution >= 0.6 is 11.6 Å². The van der Waals surface area contributed by atoms with Crippen LogP contribution in [0.1, 0.15) is 31.4 Å². The van der Waals surface area contributed by atoms with Gasteiger partial charge in [0.1, 0.15) is 5.75 Å². The number of halogens is 1. The SMILES string of the molecule is CCC(Oc1ccc(C)cc1C)C(=O)NC1=CC(=O)C(C)=C(Cl)C1=O. The Hall–Kier alpha value is -2.40. The molecule has 1 atom stereocenters. The van der Waals surface area contributed by atoms with Gasteiger partial charge in [-0.3, -0.25) is 14.4 Å². The molecule has 0 heterocycles. The number of amides is 1. The van der Waals surface area contributed by atoms with Gasteiger partial charge in [0.25, 0.3) is 5.91 Å². The number of carbonyl (C=O) groups excluding carboxylic acids is 3. The zero-order valence-corrected chi connectivity index (χ0v) is 15.4. The monoisotopic (exact) mass is 361 g/mol. The third-order valence-corrected chi connectivity index (χ3v) is 4.39. The Labute approximate surface area is 151 Å². The fraction of sp³-hybridized carbons (Fsp3) is 0.316. The van der Waals surface area contributed by atoms with Gasteiger partial charge in [0.05, 0.1) is 10.7 Å². The van der Waals surface area contributed by atoms with Gasteiger partial charge in [-0.2, -0.15) is 0 Å². The highest BCUT2D eigenvalue weighted by Gasteiger charge is 2.28. The minimum Gasteiger partial charge on any atom is -0.480 e. The molecular weight excluding hydrogens is 342 g/mol. The quantitative estimate of drug-likeness (QED) is 0.818. The van der Waals surface area contributed by atoms with Crippen LogP contribution in [-0.4, -0.2) is 23.6 Å². The number of Topliss-reactive ketones (excluding diaryl/α,β-unsaturated/α-hetero) is 1. The van der Waals surface area contributed by atoms with Crippen LogP contribution in [0.5, 0.6) is 5.75 Å². The van der Waals surface area contributed by atoms with E-state index in [0.717, 1.165) is 17.2 Å². The molecule has 25 heavy (non-hydrogen) atoms. The Kier molecular flexibility index (Phi) is 5.80. The van der Waals surface area contributed by atoms with Gasteiger partial charge in [-0.15, -0.1) is 0 Å². The molecule has 0 saturated heterocycles. The van der Waals surface area contributed by atoms with E-state index in [1.165, 1.54) is 6.92 Å². The summed E-state index contributed by atoms with van der Waals surface area (Å²) in [6.45, 7) is 7.13. The van der Waals surface area contributed by atoms with Crippen molar-refractivity contribution >= 4 is 29.1 Å². The number of aryl methyl sites for hydroxylation is 2. The van der Waals surface area contributed by atoms with Crippen molar-refractivity contribution < 1.29 is 19.1 Å². The Morgan fingerprint density at radius 3 is 2.52 bits per heavy atom. The van der Waals surface area contributed by atoms with E-state index in [4.69, 9.17) is 16.3 Å². The van der Waals surface area contributed by atoms with E-state index in [9.17, 15) is 14.4 Å². The van der Waals surface area contributed by atoms with E-state index in [1.807, 2.05) is 26.0 Å². The molecule has 0 spiro atoms. The molecule has 1 amide bonds. The molecule has 0 aromatic heterocycles. The number of allylic oxidation sites excluding steroid dienone is 3. The molecule has 132 valence electrons. The number of benzene rings is 1. The highest BCUT2D eigenvalue weighted by Crippen LogP contribution is 2.23. The van der Waals surface area contributed by atoms with Crippen LogP contribution in [0.4, 0.5) is 0 Å². The maximum Gasteiger partial charge on any atom is 0.265 e. The van der Waals surface area contributed by atoms with E-state index in [0.29, 0.717) is 12.2 Å². The Morgan fingerprint density at radius 2 is 1.92 bits per heavy atom. The second kappa shape index (κ2) is 7.66. The molecule has 1 N–H and O–H groups in total. The molecule has 1 aromatic rings. The van der Waals surface area contributed by atoms with Crippen molar-refractivity contribution in [3.8, 4) is 5.75 Å². The van der Waals surface area contributed by atoms with Crippen LogP contribution in [0.3, 0.4) is 0 Å². The average Bonchev–Trinajstić information content (AvgIpc) is 2.57. The smallest absolute Gasteiger partial charge is 0.265 e. The van der Waals surface area contributed by atoms with E-state index < -0.39 is 23.6 Å². The lowest BCUT2D eigenvalue weighted by atomic mass is 10.0. The number of carbonyl (C=O) groups is 3. The third-order valence-electron chi connectivity index (χ3n) is 3.94. The maximum atomic E-state index is 12.5. The van der Waals surface area contributed by atoms with Crippen LogP contribution in [0.25, 0.3) is 0 Å². The highest BCUT2D eigenvalue weighted by atomic mass is 35.5. The van der Waals surface area contributed by atoms with E-state index in [1.54, 1.807) is 13.0 Å². The van der Waals surface area contributed by atoms with Crippen LogP contribution < -0.4 is 10.1 Å². The molecule has 0 saturated carbocycles. The summed E-state index contributed by atoms with van der Waals surface area (Å²) in [4.78, 5) is 36.4. The molecule has 1 aliphatic rings. The van der Waals surface area contributed by atoms with Gasteiger partial charge in [-0.1, -0.05) is 36.2 Å². The Morgan fingerprint density at radius 1 is 1.24 bits per heavy atom. The summed E-state index contributed by atoms with van der Waals surface area (Å²) in [5.41, 5.74) is 2.04. The third kappa shape index (κ3) is 4.17. The maximum absolute atomic E-state index is 12.5. The summed E-state index contributed by atoms with van der Waals surface area (Å²) < 4.78 is 5.78. The van der Waals surface area contributed by atoms with Crippen molar-refractivity contribution in [2.75, 3.05) is 0 Å². The van der Waals surface area contributed by atoms with Crippen molar-refractivity contribution in [2.24, 2.45) is 0 Å². The lowest BCUT2D eigenvalue weighted by Gasteiger charge is -2.20. The number of hydrogen-bond acceptors (Lipinski definition) is 4. The van der Waals surface area contributed by atoms with Gasteiger partial charge in [0, 0.05) is 11.6 Å². The summed E-state index contributed by atoms with van der Waals surface area (Å²) in [5.74, 6) is -0.878. The summed E-state index contributed by atoms with van der Waals surface area (Å²) in [5, 5.41) is 2.29. The first-order valence-electron chi connectivity index (χ1n) is 7.96. The fourth-order valence-electron chi connectivity index (χ4n) is 2.41.